The highest BCUT2D eigenvalue weighted by Gasteiger charge is 2.14. The van der Waals surface area contributed by atoms with Gasteiger partial charge in [0.1, 0.15) is 11.5 Å². The first-order chi connectivity index (χ1) is 14.7. The largest absolute Gasteiger partial charge is 0.497 e. The summed E-state index contributed by atoms with van der Waals surface area (Å²) in [7, 11) is 3.22. The van der Waals surface area contributed by atoms with E-state index in [1.165, 1.54) is 11.8 Å². The number of nitrogens with zero attached hydrogens (tertiary/aromatic N) is 4. The average molecular weight is 426 g/mol. The number of rotatable bonds is 9. The van der Waals surface area contributed by atoms with E-state index in [0.29, 0.717) is 17.5 Å². The summed E-state index contributed by atoms with van der Waals surface area (Å²) in [4.78, 5) is 12.2. The maximum absolute atomic E-state index is 12.2. The molecule has 0 aliphatic heterocycles. The molecule has 2 aromatic carbocycles. The number of carbonyl (C=O) groups excluding carboxylic acids is 1. The molecule has 1 N–H and O–H groups in total. The van der Waals surface area contributed by atoms with Crippen LogP contribution in [0.1, 0.15) is 12.5 Å². The van der Waals surface area contributed by atoms with Gasteiger partial charge >= 0.3 is 0 Å². The van der Waals surface area contributed by atoms with Crippen LogP contribution in [0.25, 0.3) is 11.4 Å². The zero-order valence-corrected chi connectivity index (χ0v) is 17.8. The summed E-state index contributed by atoms with van der Waals surface area (Å²) in [5.74, 6) is 2.15. The monoisotopic (exact) mass is 425 g/mol. The summed E-state index contributed by atoms with van der Waals surface area (Å²) in [5, 5.41) is 13.2. The second-order valence-electron chi connectivity index (χ2n) is 6.10. The van der Waals surface area contributed by atoms with E-state index in [1.807, 2.05) is 60.0 Å². The Hall–Kier alpha value is -3.33. The van der Waals surface area contributed by atoms with Crippen molar-refractivity contribution in [2.45, 2.75) is 18.6 Å². The van der Waals surface area contributed by atoms with Gasteiger partial charge in [-0.25, -0.2) is 5.43 Å². The van der Waals surface area contributed by atoms with Gasteiger partial charge in [0.15, 0.2) is 11.0 Å². The van der Waals surface area contributed by atoms with Crippen molar-refractivity contribution in [1.82, 2.24) is 20.2 Å². The number of ether oxygens (including phenoxy) is 2. The molecule has 3 rings (SSSR count). The lowest BCUT2D eigenvalue weighted by Gasteiger charge is -2.07. The molecule has 0 saturated heterocycles. The first-order valence-electron chi connectivity index (χ1n) is 9.31. The van der Waals surface area contributed by atoms with Crippen molar-refractivity contribution >= 4 is 23.9 Å². The minimum atomic E-state index is -0.234. The minimum Gasteiger partial charge on any atom is -0.497 e. The van der Waals surface area contributed by atoms with Crippen LogP contribution in [0.3, 0.4) is 0 Å². The summed E-state index contributed by atoms with van der Waals surface area (Å²) in [6.07, 6.45) is 1.55. The number of para-hydroxylation sites is 1. The molecule has 0 aliphatic carbocycles. The molecule has 0 bridgehead atoms. The Balaban J connectivity index is 1.60. The lowest BCUT2D eigenvalue weighted by molar-refractivity contribution is -0.118. The van der Waals surface area contributed by atoms with Crippen molar-refractivity contribution < 1.29 is 14.3 Å². The Kier molecular flexibility index (Phi) is 7.45. The lowest BCUT2D eigenvalue weighted by atomic mass is 10.2. The number of thioether (sulfide) groups is 1. The number of hydrogen-bond acceptors (Lipinski definition) is 7. The van der Waals surface area contributed by atoms with Crippen molar-refractivity contribution in [3.05, 3.63) is 54.1 Å². The van der Waals surface area contributed by atoms with Crippen LogP contribution in [0.5, 0.6) is 11.5 Å². The van der Waals surface area contributed by atoms with Crippen LogP contribution in [0.2, 0.25) is 0 Å². The quantitative estimate of drug-likeness (QED) is 0.322. The van der Waals surface area contributed by atoms with E-state index in [9.17, 15) is 4.79 Å². The average Bonchev–Trinajstić information content (AvgIpc) is 3.21. The molecule has 0 saturated carbocycles. The van der Waals surface area contributed by atoms with E-state index in [4.69, 9.17) is 9.47 Å². The molecule has 1 amide bonds. The number of nitrogens with one attached hydrogen (secondary N) is 1. The summed E-state index contributed by atoms with van der Waals surface area (Å²) < 4.78 is 12.4. The molecular formula is C21H23N5O3S. The molecule has 0 aliphatic rings. The van der Waals surface area contributed by atoms with Gasteiger partial charge in [-0.15, -0.1) is 10.2 Å². The number of amides is 1. The Morgan fingerprint density at radius 2 is 1.90 bits per heavy atom. The van der Waals surface area contributed by atoms with E-state index in [0.717, 1.165) is 22.7 Å². The van der Waals surface area contributed by atoms with Crippen LogP contribution in [0, 0.1) is 0 Å². The standard InChI is InChI=1S/C21H23N5O3S/c1-4-26-20(15-9-11-17(28-2)12-10-15)24-25-21(26)30-14-19(27)23-22-13-16-7-5-6-8-18(16)29-3/h5-13H,4,14H2,1-3H3,(H,23,27). The summed E-state index contributed by atoms with van der Waals surface area (Å²) in [5.41, 5.74) is 4.24. The highest BCUT2D eigenvalue weighted by molar-refractivity contribution is 7.99. The van der Waals surface area contributed by atoms with Crippen LogP contribution in [0.4, 0.5) is 0 Å². The number of aromatic nitrogens is 3. The van der Waals surface area contributed by atoms with Crippen molar-refractivity contribution in [3.8, 4) is 22.9 Å². The maximum Gasteiger partial charge on any atom is 0.250 e. The molecular weight excluding hydrogens is 402 g/mol. The molecule has 0 fully saturated rings. The molecule has 9 heteroatoms. The Labute approximate surface area is 179 Å². The van der Waals surface area contributed by atoms with Gasteiger partial charge in [0.2, 0.25) is 0 Å². The normalized spacial score (nSPS) is 10.9. The third-order valence-corrected chi connectivity index (χ3v) is 5.21. The van der Waals surface area contributed by atoms with Crippen LogP contribution >= 0.6 is 11.8 Å². The Bertz CT molecular complexity index is 1020. The van der Waals surface area contributed by atoms with E-state index in [1.54, 1.807) is 20.4 Å². The van der Waals surface area contributed by atoms with Crippen LogP contribution < -0.4 is 14.9 Å². The van der Waals surface area contributed by atoms with E-state index in [-0.39, 0.29) is 11.7 Å². The highest BCUT2D eigenvalue weighted by atomic mass is 32.2. The second-order valence-corrected chi connectivity index (χ2v) is 7.05. The van der Waals surface area contributed by atoms with Gasteiger partial charge in [-0.05, 0) is 43.3 Å². The van der Waals surface area contributed by atoms with Crippen LogP contribution in [-0.4, -0.2) is 46.9 Å². The number of benzene rings is 2. The van der Waals surface area contributed by atoms with Crippen molar-refractivity contribution in [2.24, 2.45) is 5.10 Å². The lowest BCUT2D eigenvalue weighted by Crippen LogP contribution is -2.20. The van der Waals surface area contributed by atoms with E-state index >= 15 is 0 Å². The topological polar surface area (TPSA) is 90.6 Å². The Morgan fingerprint density at radius 3 is 2.60 bits per heavy atom. The molecule has 0 atom stereocenters. The minimum absolute atomic E-state index is 0.171. The van der Waals surface area contributed by atoms with Gasteiger partial charge in [-0.3, -0.25) is 4.79 Å². The first-order valence-corrected chi connectivity index (χ1v) is 10.3. The molecule has 8 nitrogen and oxygen atoms in total. The summed E-state index contributed by atoms with van der Waals surface area (Å²) in [6, 6.07) is 15.1. The van der Waals surface area contributed by atoms with Crippen LogP contribution in [0.15, 0.2) is 58.8 Å². The number of carbonyl (C=O) groups is 1. The molecule has 0 radical (unpaired) electrons. The van der Waals surface area contributed by atoms with Crippen LogP contribution in [-0.2, 0) is 11.3 Å². The maximum atomic E-state index is 12.2. The van der Waals surface area contributed by atoms with Gasteiger partial charge in [-0.1, -0.05) is 23.9 Å². The Morgan fingerprint density at radius 1 is 1.13 bits per heavy atom. The number of methoxy groups -OCH3 is 2. The molecule has 0 spiro atoms. The molecule has 1 heterocycles. The first kappa shape index (κ1) is 21.4. The second kappa shape index (κ2) is 10.4. The molecule has 3 aromatic rings. The predicted molar refractivity (Wildman–Crippen MR) is 117 cm³/mol. The fourth-order valence-corrected chi connectivity index (χ4v) is 3.54. The highest BCUT2D eigenvalue weighted by Crippen LogP contribution is 2.25. The third-order valence-electron chi connectivity index (χ3n) is 4.25. The smallest absolute Gasteiger partial charge is 0.250 e. The van der Waals surface area contributed by atoms with Gasteiger partial charge in [-0.2, -0.15) is 5.10 Å². The number of hydrazone groups is 1. The fourth-order valence-electron chi connectivity index (χ4n) is 2.74. The molecule has 0 unspecified atom stereocenters. The van der Waals surface area contributed by atoms with Gasteiger partial charge in [0.25, 0.3) is 5.91 Å². The summed E-state index contributed by atoms with van der Waals surface area (Å²) >= 11 is 1.31. The van der Waals surface area contributed by atoms with Crippen molar-refractivity contribution in [1.29, 1.82) is 0 Å². The van der Waals surface area contributed by atoms with Gasteiger partial charge in [0, 0.05) is 17.7 Å². The SMILES string of the molecule is CCn1c(SCC(=O)NN=Cc2ccccc2OC)nnc1-c1ccc(OC)cc1. The zero-order chi connectivity index (χ0) is 21.3. The number of hydrogen-bond donors (Lipinski definition) is 1. The zero-order valence-electron chi connectivity index (χ0n) is 17.0. The van der Waals surface area contributed by atoms with E-state index in [2.05, 4.69) is 20.7 Å². The molecule has 1 aromatic heterocycles. The van der Waals surface area contributed by atoms with Gasteiger partial charge < -0.3 is 14.0 Å². The predicted octanol–water partition coefficient (Wildman–Crippen LogP) is 3.22. The fraction of sp³-hybridized carbons (Fsp3) is 0.238. The summed E-state index contributed by atoms with van der Waals surface area (Å²) in [6.45, 7) is 2.70. The van der Waals surface area contributed by atoms with Crippen molar-refractivity contribution in [2.75, 3.05) is 20.0 Å². The molecule has 30 heavy (non-hydrogen) atoms. The third kappa shape index (κ3) is 5.18. The van der Waals surface area contributed by atoms with Gasteiger partial charge in [0.05, 0.1) is 26.2 Å². The molecule has 156 valence electrons. The van der Waals surface area contributed by atoms with Crippen molar-refractivity contribution in [3.63, 3.8) is 0 Å². The van der Waals surface area contributed by atoms with E-state index < -0.39 is 0 Å².